The first kappa shape index (κ1) is 14.3. The van der Waals surface area contributed by atoms with Crippen LogP contribution in [0.3, 0.4) is 0 Å². The summed E-state index contributed by atoms with van der Waals surface area (Å²) in [5, 5.41) is 6.92. The fourth-order valence-electron chi connectivity index (χ4n) is 1.77. The Labute approximate surface area is 122 Å². The van der Waals surface area contributed by atoms with Gasteiger partial charge in [-0.15, -0.1) is 0 Å². The summed E-state index contributed by atoms with van der Waals surface area (Å²) in [5.41, 5.74) is 9.01. The summed E-state index contributed by atoms with van der Waals surface area (Å²) in [4.78, 5) is 12.1. The van der Waals surface area contributed by atoms with Gasteiger partial charge in [-0.25, -0.2) is 0 Å². The van der Waals surface area contributed by atoms with Crippen molar-refractivity contribution in [2.24, 2.45) is 5.73 Å². The van der Waals surface area contributed by atoms with E-state index >= 15 is 0 Å². The van der Waals surface area contributed by atoms with E-state index in [1.165, 1.54) is 0 Å². The topological polar surface area (TPSA) is 55.1 Å². The second-order valence-electron chi connectivity index (χ2n) is 4.35. The highest BCUT2D eigenvalue weighted by atomic mass is 32.1. The van der Waals surface area contributed by atoms with E-state index in [0.29, 0.717) is 18.7 Å². The summed E-state index contributed by atoms with van der Waals surface area (Å²) in [6.45, 7) is 2.83. The molecular formula is C16H16N2OS. The molecule has 0 atom stereocenters. The molecule has 0 aliphatic heterocycles. The summed E-state index contributed by atoms with van der Waals surface area (Å²) < 4.78 is 0. The maximum absolute atomic E-state index is 12.1. The monoisotopic (exact) mass is 284 g/mol. The van der Waals surface area contributed by atoms with Gasteiger partial charge in [0.25, 0.3) is 5.91 Å². The third-order valence-electron chi connectivity index (χ3n) is 2.85. The Morgan fingerprint density at radius 3 is 2.90 bits per heavy atom. The molecule has 0 spiro atoms. The molecule has 0 aliphatic rings. The molecule has 2 rings (SSSR count). The quantitative estimate of drug-likeness (QED) is 0.850. The molecule has 0 radical (unpaired) electrons. The van der Waals surface area contributed by atoms with Gasteiger partial charge < -0.3 is 11.1 Å². The fourth-order valence-corrected chi connectivity index (χ4v) is 2.44. The van der Waals surface area contributed by atoms with Crippen LogP contribution in [0.5, 0.6) is 0 Å². The van der Waals surface area contributed by atoms with E-state index in [2.05, 4.69) is 17.2 Å². The van der Waals surface area contributed by atoms with Gasteiger partial charge in [0.1, 0.15) is 0 Å². The van der Waals surface area contributed by atoms with Crippen molar-refractivity contribution in [1.29, 1.82) is 0 Å². The average molecular weight is 284 g/mol. The van der Waals surface area contributed by atoms with Crippen molar-refractivity contribution in [3.05, 3.63) is 57.3 Å². The molecule has 4 heteroatoms. The van der Waals surface area contributed by atoms with Crippen molar-refractivity contribution in [2.45, 2.75) is 13.5 Å². The van der Waals surface area contributed by atoms with Gasteiger partial charge in [0.2, 0.25) is 0 Å². The third-order valence-corrected chi connectivity index (χ3v) is 3.58. The summed E-state index contributed by atoms with van der Waals surface area (Å²) in [7, 11) is 0. The third kappa shape index (κ3) is 3.70. The summed E-state index contributed by atoms with van der Waals surface area (Å²) in [6, 6.07) is 7.50. The van der Waals surface area contributed by atoms with Crippen LogP contribution in [0.25, 0.3) is 0 Å². The molecule has 1 aromatic carbocycles. The van der Waals surface area contributed by atoms with Gasteiger partial charge in [0.15, 0.2) is 0 Å². The van der Waals surface area contributed by atoms with Gasteiger partial charge >= 0.3 is 0 Å². The minimum Gasteiger partial charge on any atom is -0.348 e. The SMILES string of the molecule is Cc1cc(C(=O)NCc2ccsc2)ccc1C#CCN. The lowest BCUT2D eigenvalue weighted by atomic mass is 10.0. The minimum absolute atomic E-state index is 0.0716. The lowest BCUT2D eigenvalue weighted by molar-refractivity contribution is 0.0951. The number of amides is 1. The van der Waals surface area contributed by atoms with E-state index in [9.17, 15) is 4.79 Å². The maximum atomic E-state index is 12.1. The molecule has 0 bridgehead atoms. The van der Waals surface area contributed by atoms with Gasteiger partial charge in [0, 0.05) is 17.7 Å². The molecular weight excluding hydrogens is 268 g/mol. The van der Waals surface area contributed by atoms with E-state index < -0.39 is 0 Å². The van der Waals surface area contributed by atoms with Crippen molar-refractivity contribution in [1.82, 2.24) is 5.32 Å². The van der Waals surface area contributed by atoms with Crippen molar-refractivity contribution in [2.75, 3.05) is 6.54 Å². The van der Waals surface area contributed by atoms with Crippen molar-refractivity contribution in [3.8, 4) is 11.8 Å². The number of thiophene rings is 1. The molecule has 3 nitrogen and oxygen atoms in total. The van der Waals surface area contributed by atoms with Crippen LogP contribution in [-0.2, 0) is 6.54 Å². The molecule has 1 aromatic heterocycles. The Bertz CT molecular complexity index is 651. The van der Waals surface area contributed by atoms with Gasteiger partial charge in [-0.2, -0.15) is 11.3 Å². The highest BCUT2D eigenvalue weighted by Crippen LogP contribution is 2.11. The molecule has 3 N–H and O–H groups in total. The predicted molar refractivity (Wildman–Crippen MR) is 82.6 cm³/mol. The molecule has 1 heterocycles. The van der Waals surface area contributed by atoms with Crippen molar-refractivity contribution < 1.29 is 4.79 Å². The second kappa shape index (κ2) is 6.90. The Balaban J connectivity index is 2.05. The fraction of sp³-hybridized carbons (Fsp3) is 0.188. The Hall–Kier alpha value is -2.09. The zero-order valence-corrected chi connectivity index (χ0v) is 12.1. The number of nitrogens with one attached hydrogen (secondary N) is 1. The first-order chi connectivity index (χ1) is 9.70. The van der Waals surface area contributed by atoms with Gasteiger partial charge in [0.05, 0.1) is 6.54 Å². The lowest BCUT2D eigenvalue weighted by Crippen LogP contribution is -2.22. The zero-order valence-electron chi connectivity index (χ0n) is 11.3. The number of carbonyl (C=O) groups excluding carboxylic acids is 1. The summed E-state index contributed by atoms with van der Waals surface area (Å²) in [5.74, 6) is 5.73. The van der Waals surface area contributed by atoms with E-state index in [1.54, 1.807) is 17.4 Å². The number of nitrogens with two attached hydrogens (primary N) is 1. The standard InChI is InChI=1S/C16H16N2OS/c1-12-9-15(5-4-14(12)3-2-7-17)16(19)18-10-13-6-8-20-11-13/h4-6,8-9,11H,7,10,17H2,1H3,(H,18,19). The number of benzene rings is 1. The number of hydrogen-bond acceptors (Lipinski definition) is 3. The van der Waals surface area contributed by atoms with Crippen LogP contribution in [0.15, 0.2) is 35.0 Å². The Morgan fingerprint density at radius 2 is 2.25 bits per heavy atom. The molecule has 0 saturated carbocycles. The Kier molecular flexibility index (Phi) is 4.94. The van der Waals surface area contributed by atoms with Crippen LogP contribution in [-0.4, -0.2) is 12.5 Å². The van der Waals surface area contributed by atoms with E-state index in [0.717, 1.165) is 16.7 Å². The number of hydrogen-bond donors (Lipinski definition) is 2. The highest BCUT2D eigenvalue weighted by Gasteiger charge is 2.07. The molecule has 1 amide bonds. The molecule has 2 aromatic rings. The summed E-state index contributed by atoms with van der Waals surface area (Å²) in [6.07, 6.45) is 0. The largest absolute Gasteiger partial charge is 0.348 e. The predicted octanol–water partition coefficient (Wildman–Crippen LogP) is 2.30. The summed E-state index contributed by atoms with van der Waals surface area (Å²) >= 11 is 1.62. The highest BCUT2D eigenvalue weighted by molar-refractivity contribution is 7.07. The number of aryl methyl sites for hydroxylation is 1. The maximum Gasteiger partial charge on any atom is 0.251 e. The van der Waals surface area contributed by atoms with Crippen LogP contribution < -0.4 is 11.1 Å². The molecule has 0 aliphatic carbocycles. The zero-order chi connectivity index (χ0) is 14.4. The van der Waals surface area contributed by atoms with Crippen LogP contribution >= 0.6 is 11.3 Å². The lowest BCUT2D eigenvalue weighted by Gasteiger charge is -2.06. The molecule has 0 fully saturated rings. The smallest absolute Gasteiger partial charge is 0.251 e. The first-order valence-electron chi connectivity index (χ1n) is 6.29. The molecule has 0 unspecified atom stereocenters. The van der Waals surface area contributed by atoms with Crippen LogP contribution in [0.2, 0.25) is 0 Å². The van der Waals surface area contributed by atoms with Crippen molar-refractivity contribution >= 4 is 17.2 Å². The van der Waals surface area contributed by atoms with Crippen LogP contribution in [0.1, 0.15) is 27.0 Å². The molecule has 0 saturated heterocycles. The Morgan fingerprint density at radius 1 is 1.40 bits per heavy atom. The van der Waals surface area contributed by atoms with E-state index in [4.69, 9.17) is 5.73 Å². The van der Waals surface area contributed by atoms with Gasteiger partial charge in [-0.1, -0.05) is 11.8 Å². The molecule has 20 heavy (non-hydrogen) atoms. The minimum atomic E-state index is -0.0716. The number of carbonyl (C=O) groups is 1. The van der Waals surface area contributed by atoms with E-state index in [1.807, 2.05) is 35.9 Å². The normalized spacial score (nSPS) is 9.70. The second-order valence-corrected chi connectivity index (χ2v) is 5.13. The van der Waals surface area contributed by atoms with Crippen molar-refractivity contribution in [3.63, 3.8) is 0 Å². The van der Waals surface area contributed by atoms with Crippen LogP contribution in [0.4, 0.5) is 0 Å². The van der Waals surface area contributed by atoms with Gasteiger partial charge in [-0.3, -0.25) is 4.79 Å². The van der Waals surface area contributed by atoms with Crippen LogP contribution in [0, 0.1) is 18.8 Å². The first-order valence-corrected chi connectivity index (χ1v) is 7.24. The average Bonchev–Trinajstić information content (AvgIpc) is 2.96. The number of rotatable bonds is 3. The van der Waals surface area contributed by atoms with Gasteiger partial charge in [-0.05, 0) is 53.1 Å². The molecule has 102 valence electrons. The van der Waals surface area contributed by atoms with E-state index in [-0.39, 0.29) is 5.91 Å².